The van der Waals surface area contributed by atoms with E-state index >= 15 is 0 Å². The van der Waals surface area contributed by atoms with Gasteiger partial charge in [0.25, 0.3) is 11.8 Å². The number of hydrogen-bond donors (Lipinski definition) is 2. The van der Waals surface area contributed by atoms with Crippen LogP contribution in [0.15, 0.2) is 29.3 Å². The van der Waals surface area contributed by atoms with Crippen LogP contribution in [0.3, 0.4) is 0 Å². The lowest BCUT2D eigenvalue weighted by Crippen LogP contribution is -2.50. The summed E-state index contributed by atoms with van der Waals surface area (Å²) in [6, 6.07) is 6.27. The van der Waals surface area contributed by atoms with Crippen LogP contribution < -0.4 is 10.6 Å². The molecular weight excluding hydrogens is 420 g/mol. The minimum Gasteiger partial charge on any atom is -0.467 e. The quantitative estimate of drug-likeness (QED) is 0.640. The van der Waals surface area contributed by atoms with Crippen LogP contribution in [0.2, 0.25) is 0 Å². The van der Waals surface area contributed by atoms with Crippen LogP contribution in [-0.4, -0.2) is 64.7 Å². The molecule has 1 aromatic carbocycles. The predicted octanol–water partition coefficient (Wildman–Crippen LogP) is 1.79. The number of aliphatic imine (C=N–C) groups is 1. The molecule has 10 heteroatoms. The highest BCUT2D eigenvalue weighted by Gasteiger charge is 2.34. The summed E-state index contributed by atoms with van der Waals surface area (Å²) < 4.78 is 4.67. The van der Waals surface area contributed by atoms with E-state index in [4.69, 9.17) is 0 Å². The Bertz CT molecular complexity index is 907. The van der Waals surface area contributed by atoms with E-state index in [1.165, 1.54) is 18.9 Å². The van der Waals surface area contributed by atoms with Crippen LogP contribution in [0.4, 0.5) is 5.69 Å². The second-order valence-electron chi connectivity index (χ2n) is 7.93. The first-order chi connectivity index (χ1) is 14.7. The van der Waals surface area contributed by atoms with Crippen LogP contribution in [0.1, 0.15) is 43.5 Å². The normalized spacial score (nSPS) is 18.5. The van der Waals surface area contributed by atoms with Crippen LogP contribution in [0.5, 0.6) is 0 Å². The molecule has 0 saturated carbocycles. The van der Waals surface area contributed by atoms with E-state index in [9.17, 15) is 19.2 Å². The van der Waals surface area contributed by atoms with Gasteiger partial charge in [0.1, 0.15) is 10.8 Å². The second kappa shape index (κ2) is 9.51. The van der Waals surface area contributed by atoms with E-state index in [-0.39, 0.29) is 18.2 Å². The third-order valence-corrected chi connectivity index (χ3v) is 6.24. The average Bonchev–Trinajstić information content (AvgIpc) is 3.38. The van der Waals surface area contributed by atoms with E-state index in [2.05, 4.69) is 25.3 Å². The largest absolute Gasteiger partial charge is 0.467 e. The van der Waals surface area contributed by atoms with Gasteiger partial charge in [-0.1, -0.05) is 11.8 Å². The molecule has 1 aromatic rings. The van der Waals surface area contributed by atoms with Gasteiger partial charge in [-0.25, -0.2) is 4.79 Å². The van der Waals surface area contributed by atoms with Gasteiger partial charge in [0.05, 0.1) is 7.11 Å². The molecule has 9 nitrogen and oxygen atoms in total. The zero-order valence-electron chi connectivity index (χ0n) is 17.8. The lowest BCUT2D eigenvalue weighted by atomic mass is 10.0. The van der Waals surface area contributed by atoms with Gasteiger partial charge in [0.15, 0.2) is 5.17 Å². The van der Waals surface area contributed by atoms with Crippen LogP contribution in [0, 0.1) is 0 Å². The summed E-state index contributed by atoms with van der Waals surface area (Å²) in [4.78, 5) is 54.8. The highest BCUT2D eigenvalue weighted by molar-refractivity contribution is 8.15. The molecule has 0 aliphatic carbocycles. The number of hydrogen-bond acceptors (Lipinski definition) is 7. The molecule has 2 aliphatic heterocycles. The smallest absolute Gasteiger partial charge is 0.330 e. The minimum absolute atomic E-state index is 0.0277. The van der Waals surface area contributed by atoms with Crippen molar-refractivity contribution < 1.29 is 23.9 Å². The molecule has 2 heterocycles. The van der Waals surface area contributed by atoms with Gasteiger partial charge in [0.2, 0.25) is 5.91 Å². The summed E-state index contributed by atoms with van der Waals surface area (Å²) in [7, 11) is 1.25. The van der Waals surface area contributed by atoms with Crippen molar-refractivity contribution in [1.29, 1.82) is 0 Å². The highest BCUT2D eigenvalue weighted by Crippen LogP contribution is 2.29. The van der Waals surface area contributed by atoms with Crippen molar-refractivity contribution in [3.05, 3.63) is 29.8 Å². The van der Waals surface area contributed by atoms with Crippen molar-refractivity contribution in [3.63, 3.8) is 0 Å². The van der Waals surface area contributed by atoms with E-state index in [0.29, 0.717) is 16.4 Å². The Morgan fingerprint density at radius 1 is 1.19 bits per heavy atom. The molecule has 166 valence electrons. The Kier molecular flexibility index (Phi) is 6.99. The third-order valence-electron chi connectivity index (χ3n) is 5.03. The fourth-order valence-corrected chi connectivity index (χ4v) is 4.42. The summed E-state index contributed by atoms with van der Waals surface area (Å²) in [6.07, 6.45) is 2.21. The topological polar surface area (TPSA) is 117 Å². The first-order valence-electron chi connectivity index (χ1n) is 10.0. The minimum atomic E-state index is -1.17. The molecule has 1 atom stereocenters. The van der Waals surface area contributed by atoms with Crippen LogP contribution in [0.25, 0.3) is 0 Å². The van der Waals surface area contributed by atoms with E-state index < -0.39 is 22.7 Å². The first kappa shape index (κ1) is 22.8. The molecule has 2 aliphatic rings. The van der Waals surface area contributed by atoms with Crippen LogP contribution in [-0.2, 0) is 19.1 Å². The second-order valence-corrected chi connectivity index (χ2v) is 9.10. The summed E-state index contributed by atoms with van der Waals surface area (Å²) in [5.74, 6) is -1.57. The number of benzene rings is 1. The predicted molar refractivity (Wildman–Crippen MR) is 118 cm³/mol. The number of methoxy groups -OCH3 is 1. The Hall–Kier alpha value is -2.88. The van der Waals surface area contributed by atoms with Crippen molar-refractivity contribution in [2.24, 2.45) is 4.99 Å². The molecular formula is C21H26N4O5S. The van der Waals surface area contributed by atoms with Gasteiger partial charge in [-0.3, -0.25) is 14.4 Å². The zero-order valence-corrected chi connectivity index (χ0v) is 18.6. The lowest BCUT2D eigenvalue weighted by molar-refractivity contribution is -0.146. The van der Waals surface area contributed by atoms with Crippen molar-refractivity contribution in [2.45, 2.75) is 43.9 Å². The van der Waals surface area contributed by atoms with Crippen molar-refractivity contribution in [2.75, 3.05) is 25.5 Å². The Morgan fingerprint density at radius 2 is 1.84 bits per heavy atom. The van der Waals surface area contributed by atoms with Crippen LogP contribution >= 0.6 is 11.8 Å². The number of amidine groups is 1. The molecule has 3 amide bonds. The maximum absolute atomic E-state index is 12.4. The van der Waals surface area contributed by atoms with Crippen molar-refractivity contribution in [3.8, 4) is 0 Å². The molecule has 0 bridgehead atoms. The summed E-state index contributed by atoms with van der Waals surface area (Å²) in [6.45, 7) is 4.89. The Morgan fingerprint density at radius 3 is 2.45 bits per heavy atom. The maximum atomic E-state index is 12.4. The number of anilines is 1. The first-order valence-corrected chi connectivity index (χ1v) is 10.9. The SMILES string of the molecule is COC(=O)C(C)(C)NC(=O)c1ccc(NC(=O)CC2SC(N3CCCC3)=NC2=O)cc1. The molecule has 3 rings (SSSR count). The molecule has 0 spiro atoms. The highest BCUT2D eigenvalue weighted by atomic mass is 32.2. The molecule has 0 radical (unpaired) electrons. The number of esters is 1. The van der Waals surface area contributed by atoms with E-state index in [1.54, 1.807) is 38.1 Å². The number of thioether (sulfide) groups is 1. The third kappa shape index (κ3) is 5.63. The van der Waals surface area contributed by atoms with Gasteiger partial charge < -0.3 is 20.3 Å². The van der Waals surface area contributed by atoms with Gasteiger partial charge in [0, 0.05) is 30.8 Å². The fourth-order valence-electron chi connectivity index (χ4n) is 3.30. The molecule has 1 saturated heterocycles. The Labute approximate surface area is 185 Å². The number of carbonyl (C=O) groups is 4. The lowest BCUT2D eigenvalue weighted by Gasteiger charge is -2.23. The summed E-state index contributed by atoms with van der Waals surface area (Å²) in [5.41, 5.74) is -0.328. The number of likely N-dealkylation sites (tertiary alicyclic amines) is 1. The Balaban J connectivity index is 1.52. The van der Waals surface area contributed by atoms with E-state index in [1.807, 2.05) is 0 Å². The van der Waals surface area contributed by atoms with Crippen molar-refractivity contribution in [1.82, 2.24) is 10.2 Å². The van der Waals surface area contributed by atoms with Gasteiger partial charge >= 0.3 is 5.97 Å². The average molecular weight is 447 g/mol. The number of amides is 3. The molecule has 1 unspecified atom stereocenters. The monoisotopic (exact) mass is 446 g/mol. The summed E-state index contributed by atoms with van der Waals surface area (Å²) >= 11 is 1.35. The number of rotatable bonds is 6. The molecule has 2 N–H and O–H groups in total. The van der Waals surface area contributed by atoms with Gasteiger partial charge in [-0.2, -0.15) is 4.99 Å². The number of nitrogens with zero attached hydrogens (tertiary/aromatic N) is 2. The molecule has 31 heavy (non-hydrogen) atoms. The number of nitrogens with one attached hydrogen (secondary N) is 2. The fraction of sp³-hybridized carbons (Fsp3) is 0.476. The van der Waals surface area contributed by atoms with E-state index in [0.717, 1.165) is 25.9 Å². The number of ether oxygens (including phenoxy) is 1. The zero-order chi connectivity index (χ0) is 22.6. The molecule has 1 fully saturated rings. The summed E-state index contributed by atoms with van der Waals surface area (Å²) in [5, 5.41) is 5.55. The van der Waals surface area contributed by atoms with Gasteiger partial charge in [-0.15, -0.1) is 0 Å². The molecule has 0 aromatic heterocycles. The number of carbonyl (C=O) groups excluding carboxylic acids is 4. The van der Waals surface area contributed by atoms with Gasteiger partial charge in [-0.05, 0) is 51.0 Å². The maximum Gasteiger partial charge on any atom is 0.330 e. The van der Waals surface area contributed by atoms with Crippen molar-refractivity contribution >= 4 is 46.3 Å². The standard InChI is InChI=1S/C21H26N4O5S/c1-21(2,19(29)30-3)24-17(27)13-6-8-14(9-7-13)22-16(26)12-15-18(28)23-20(31-15)25-10-4-5-11-25/h6-9,15H,4-5,10-12H2,1-3H3,(H,22,26)(H,24,27).